The van der Waals surface area contributed by atoms with Crippen molar-refractivity contribution in [2.45, 2.75) is 69.6 Å². The Morgan fingerprint density at radius 1 is 1.12 bits per heavy atom. The molecule has 2 bridgehead atoms. The maximum Gasteiger partial charge on any atom is 0.308 e. The van der Waals surface area contributed by atoms with Gasteiger partial charge in [0.15, 0.2) is 11.5 Å². The van der Waals surface area contributed by atoms with Crippen molar-refractivity contribution in [3.05, 3.63) is 35.4 Å². The molecule has 1 fully saturated rings. The summed E-state index contributed by atoms with van der Waals surface area (Å²) in [4.78, 5) is 25.1. The number of esters is 2. The van der Waals surface area contributed by atoms with Gasteiger partial charge in [-0.15, -0.1) is 0 Å². The van der Waals surface area contributed by atoms with Crippen molar-refractivity contribution in [1.29, 1.82) is 0 Å². The lowest BCUT2D eigenvalue weighted by molar-refractivity contribution is -0.141. The van der Waals surface area contributed by atoms with Crippen molar-refractivity contribution in [3.63, 3.8) is 0 Å². The van der Waals surface area contributed by atoms with Crippen molar-refractivity contribution in [2.24, 2.45) is 5.92 Å². The third kappa shape index (κ3) is 3.75. The van der Waals surface area contributed by atoms with Crippen LogP contribution in [-0.2, 0) is 30.9 Å². The smallest absolute Gasteiger partial charge is 0.308 e. The molecule has 0 N–H and O–H groups in total. The molecule has 1 aromatic carbocycles. The van der Waals surface area contributed by atoms with Crippen LogP contribution < -0.4 is 9.47 Å². The van der Waals surface area contributed by atoms with Crippen molar-refractivity contribution < 1.29 is 28.5 Å². The van der Waals surface area contributed by atoms with Crippen LogP contribution in [0, 0.1) is 5.92 Å². The van der Waals surface area contributed by atoms with Gasteiger partial charge in [0.1, 0.15) is 12.2 Å². The minimum atomic E-state index is -0.338. The van der Waals surface area contributed by atoms with Crippen LogP contribution in [0.3, 0.4) is 0 Å². The summed E-state index contributed by atoms with van der Waals surface area (Å²) in [6.45, 7) is 4.95. The molecule has 7 nitrogen and oxygen atoms in total. The molecule has 1 aromatic rings. The first kappa shape index (κ1) is 22.4. The molecule has 0 aromatic heterocycles. The van der Waals surface area contributed by atoms with Crippen LogP contribution in [-0.4, -0.2) is 61.9 Å². The normalized spacial score (nSPS) is 31.0. The number of likely N-dealkylation sites (N-methyl/N-ethyl adjacent to an activating group) is 1. The number of piperidine rings is 1. The van der Waals surface area contributed by atoms with Crippen molar-refractivity contribution in [3.8, 4) is 11.5 Å². The number of likely N-dealkylation sites (tertiary alicyclic amines) is 1. The molecular formula is C26H33NO6. The monoisotopic (exact) mass is 455 g/mol. The molecule has 5 atom stereocenters. The van der Waals surface area contributed by atoms with Gasteiger partial charge < -0.3 is 23.8 Å². The summed E-state index contributed by atoms with van der Waals surface area (Å²) in [6, 6.07) is 4.43. The van der Waals surface area contributed by atoms with E-state index in [0.29, 0.717) is 30.9 Å². The Morgan fingerprint density at radius 3 is 2.73 bits per heavy atom. The second kappa shape index (κ2) is 8.76. The van der Waals surface area contributed by atoms with Crippen molar-refractivity contribution >= 4 is 11.9 Å². The van der Waals surface area contributed by atoms with Crippen LogP contribution in [0.15, 0.2) is 24.3 Å². The number of rotatable bonds is 8. The lowest BCUT2D eigenvalue weighted by atomic mass is 9.53. The van der Waals surface area contributed by atoms with Crippen LogP contribution in [0.1, 0.15) is 50.7 Å². The summed E-state index contributed by atoms with van der Waals surface area (Å²) >= 11 is 0. The molecule has 0 radical (unpaired) electrons. The molecular weight excluding hydrogens is 422 g/mol. The number of hydrogen-bond acceptors (Lipinski definition) is 7. The average Bonchev–Trinajstić information content (AvgIpc) is 3.12. The Morgan fingerprint density at radius 2 is 1.94 bits per heavy atom. The first-order chi connectivity index (χ1) is 15.9. The van der Waals surface area contributed by atoms with E-state index in [1.165, 1.54) is 25.0 Å². The fourth-order valence-corrected chi connectivity index (χ4v) is 6.40. The van der Waals surface area contributed by atoms with E-state index in [-0.39, 0.29) is 29.6 Å². The standard InChI is InChI=1S/C26H33NO6/c1-16(28)30-13-5-4-6-14-31-22-10-8-19-20-15-18-7-9-21(32-17(2)29)24-23(18)26(19,25(22)33-24)11-12-27(20)3/h7-10,19-20,22,25H,4-6,11-15H2,1-3H3/t19-,20+,22-,25?,26-/m0/s1. The molecule has 1 unspecified atom stereocenters. The average molecular weight is 456 g/mol. The molecule has 178 valence electrons. The fourth-order valence-electron chi connectivity index (χ4n) is 6.40. The SMILES string of the molecule is CC(=O)OCCCCCO[C@H]1C=C[C@H]2[C@H]3Cc4ccc(OC(C)=O)c5c4[C@@]2(CCN3C)C1O5. The molecule has 7 heteroatoms. The minimum Gasteiger partial charge on any atom is -0.482 e. The Labute approximate surface area is 195 Å². The second-order valence-electron chi connectivity index (χ2n) is 9.75. The zero-order chi connectivity index (χ0) is 23.2. The highest BCUT2D eigenvalue weighted by molar-refractivity contribution is 5.72. The fraction of sp³-hybridized carbons (Fsp3) is 0.615. The van der Waals surface area contributed by atoms with Gasteiger partial charge in [0.25, 0.3) is 0 Å². The molecule has 4 aliphatic rings. The summed E-state index contributed by atoms with van der Waals surface area (Å²) in [5.41, 5.74) is 2.39. The molecule has 0 amide bonds. The zero-order valence-corrected chi connectivity index (χ0v) is 19.7. The maximum atomic E-state index is 11.7. The number of benzene rings is 1. The van der Waals surface area contributed by atoms with E-state index in [1.54, 1.807) is 0 Å². The highest BCUT2D eigenvalue weighted by atomic mass is 16.6. The van der Waals surface area contributed by atoms with Gasteiger partial charge in [0, 0.05) is 43.4 Å². The van der Waals surface area contributed by atoms with Gasteiger partial charge in [-0.3, -0.25) is 9.59 Å². The van der Waals surface area contributed by atoms with Gasteiger partial charge in [0.2, 0.25) is 0 Å². The molecule has 1 spiro atoms. The van der Waals surface area contributed by atoms with E-state index in [9.17, 15) is 9.59 Å². The van der Waals surface area contributed by atoms with Crippen LogP contribution in [0.5, 0.6) is 11.5 Å². The van der Waals surface area contributed by atoms with E-state index in [1.807, 2.05) is 6.07 Å². The Hall–Kier alpha value is -2.38. The maximum absolute atomic E-state index is 11.7. The van der Waals surface area contributed by atoms with E-state index in [4.69, 9.17) is 18.9 Å². The number of unbranched alkanes of at least 4 members (excludes halogenated alkanes) is 2. The van der Waals surface area contributed by atoms with Crippen LogP contribution in [0.25, 0.3) is 0 Å². The first-order valence-electron chi connectivity index (χ1n) is 12.1. The predicted octanol–water partition coefficient (Wildman–Crippen LogP) is 3.18. The van der Waals surface area contributed by atoms with Crippen molar-refractivity contribution in [2.75, 3.05) is 26.8 Å². The summed E-state index contributed by atoms with van der Waals surface area (Å²) in [6.07, 6.45) is 8.89. The van der Waals surface area contributed by atoms with Gasteiger partial charge in [-0.25, -0.2) is 0 Å². The van der Waals surface area contributed by atoms with E-state index >= 15 is 0 Å². The second-order valence-corrected chi connectivity index (χ2v) is 9.75. The van der Waals surface area contributed by atoms with Gasteiger partial charge in [-0.2, -0.15) is 0 Å². The minimum absolute atomic E-state index is 0.129. The lowest BCUT2D eigenvalue weighted by Gasteiger charge is -2.56. The molecule has 5 rings (SSSR count). The summed E-state index contributed by atoms with van der Waals surface area (Å²) in [5.74, 6) is 1.04. The Kier molecular flexibility index (Phi) is 5.95. The van der Waals surface area contributed by atoms with E-state index in [0.717, 1.165) is 44.4 Å². The molecule has 2 heterocycles. The Bertz CT molecular complexity index is 974. The molecule has 1 saturated heterocycles. The topological polar surface area (TPSA) is 74.3 Å². The molecule has 0 saturated carbocycles. The van der Waals surface area contributed by atoms with Crippen molar-refractivity contribution in [1.82, 2.24) is 4.90 Å². The third-order valence-electron chi connectivity index (χ3n) is 7.77. The van der Waals surface area contributed by atoms with Gasteiger partial charge in [-0.05, 0) is 57.3 Å². The van der Waals surface area contributed by atoms with Crippen LogP contribution in [0.4, 0.5) is 0 Å². The van der Waals surface area contributed by atoms with Crippen LogP contribution >= 0.6 is 0 Å². The Balaban J connectivity index is 1.37. The van der Waals surface area contributed by atoms with Gasteiger partial charge in [0.05, 0.1) is 6.61 Å². The highest BCUT2D eigenvalue weighted by Crippen LogP contribution is 2.62. The molecule has 2 aliphatic heterocycles. The summed E-state index contributed by atoms with van der Waals surface area (Å²) in [7, 11) is 2.22. The number of ether oxygens (including phenoxy) is 4. The van der Waals surface area contributed by atoms with E-state index in [2.05, 4.69) is 30.2 Å². The highest BCUT2D eigenvalue weighted by Gasteiger charge is 2.64. The molecule has 33 heavy (non-hydrogen) atoms. The van der Waals surface area contributed by atoms with Gasteiger partial charge in [-0.1, -0.05) is 18.2 Å². The zero-order valence-electron chi connectivity index (χ0n) is 19.7. The number of carbonyl (C=O) groups is 2. The summed E-state index contributed by atoms with van der Waals surface area (Å²) in [5, 5.41) is 0. The van der Waals surface area contributed by atoms with Gasteiger partial charge >= 0.3 is 11.9 Å². The quantitative estimate of drug-likeness (QED) is 0.258. The predicted molar refractivity (Wildman–Crippen MR) is 121 cm³/mol. The number of hydrogen-bond donors (Lipinski definition) is 0. The molecule has 2 aliphatic carbocycles. The van der Waals surface area contributed by atoms with E-state index < -0.39 is 0 Å². The van der Waals surface area contributed by atoms with Crippen LogP contribution in [0.2, 0.25) is 0 Å². The number of carbonyl (C=O) groups excluding carboxylic acids is 2. The first-order valence-corrected chi connectivity index (χ1v) is 12.1. The number of nitrogens with zero attached hydrogens (tertiary/aromatic N) is 1. The largest absolute Gasteiger partial charge is 0.482 e. The lowest BCUT2D eigenvalue weighted by Crippen LogP contribution is -2.65. The third-order valence-corrected chi connectivity index (χ3v) is 7.77. The summed E-state index contributed by atoms with van der Waals surface area (Å²) < 4.78 is 23.6.